The molecule has 5 rings (SSSR count). The third-order valence-electron chi connectivity index (χ3n) is 4.25. The molecule has 6 heteroatoms. The molecule has 0 aliphatic carbocycles. The van der Waals surface area contributed by atoms with Crippen molar-refractivity contribution in [2.75, 3.05) is 4.90 Å². The highest BCUT2D eigenvalue weighted by Gasteiger charge is 2.28. The predicted molar refractivity (Wildman–Crippen MR) is 93.0 cm³/mol. The fourth-order valence-corrected chi connectivity index (χ4v) is 2.99. The number of para-hydroxylation sites is 1. The van der Waals surface area contributed by atoms with Crippen LogP contribution in [-0.2, 0) is 6.54 Å². The fourth-order valence-electron chi connectivity index (χ4n) is 2.99. The van der Waals surface area contributed by atoms with Crippen LogP contribution in [0.4, 0.5) is 11.5 Å². The number of hydrogen-bond acceptors (Lipinski definition) is 6. The van der Waals surface area contributed by atoms with E-state index in [0.717, 1.165) is 29.2 Å². The van der Waals surface area contributed by atoms with E-state index in [4.69, 9.17) is 4.52 Å². The maximum Gasteiger partial charge on any atom is 0.263 e. The summed E-state index contributed by atoms with van der Waals surface area (Å²) in [5, 5.41) is 4.09. The molecule has 0 amide bonds. The second-order valence-corrected chi connectivity index (χ2v) is 5.76. The second kappa shape index (κ2) is 5.52. The first-order valence-electron chi connectivity index (χ1n) is 7.95. The second-order valence-electron chi connectivity index (χ2n) is 5.76. The van der Waals surface area contributed by atoms with Crippen LogP contribution >= 0.6 is 0 Å². The first-order valence-corrected chi connectivity index (χ1v) is 7.95. The summed E-state index contributed by atoms with van der Waals surface area (Å²) in [5.74, 6) is 1.74. The molecule has 0 atom stereocenters. The van der Waals surface area contributed by atoms with Gasteiger partial charge in [-0.2, -0.15) is 4.98 Å². The standard InChI is InChI=1S/C19H13N5O/c1-2-6-13(7-3-1)17-22-19(25-23-17)15-10-20-12-21-18(15)24-11-14-8-4-5-9-16(14)24/h1-10,12H,11H2. The van der Waals surface area contributed by atoms with Gasteiger partial charge in [-0.15, -0.1) is 0 Å². The number of fused-ring (bicyclic) bond motifs is 1. The summed E-state index contributed by atoms with van der Waals surface area (Å²) in [4.78, 5) is 15.2. The SMILES string of the molecule is c1ccc(-c2noc(-c3cncnc3N3Cc4ccccc43)n2)cc1. The molecule has 2 aromatic carbocycles. The molecule has 0 saturated heterocycles. The van der Waals surface area contributed by atoms with Gasteiger partial charge in [0, 0.05) is 17.4 Å². The van der Waals surface area contributed by atoms with E-state index < -0.39 is 0 Å². The molecule has 0 fully saturated rings. The molecule has 3 heterocycles. The van der Waals surface area contributed by atoms with Crippen molar-refractivity contribution in [2.24, 2.45) is 0 Å². The van der Waals surface area contributed by atoms with Crippen LogP contribution in [0.15, 0.2) is 71.6 Å². The third kappa shape index (κ3) is 2.27. The van der Waals surface area contributed by atoms with Crippen LogP contribution in [0.1, 0.15) is 5.56 Å². The van der Waals surface area contributed by atoms with E-state index in [1.54, 1.807) is 6.20 Å². The first-order chi connectivity index (χ1) is 12.4. The average Bonchev–Trinajstić information content (AvgIpc) is 3.14. The molecule has 0 spiro atoms. The molecule has 6 nitrogen and oxygen atoms in total. The lowest BCUT2D eigenvalue weighted by Crippen LogP contribution is -2.28. The normalized spacial score (nSPS) is 12.6. The Bertz CT molecular complexity index is 1040. The van der Waals surface area contributed by atoms with Crippen LogP contribution in [0.2, 0.25) is 0 Å². The van der Waals surface area contributed by atoms with Crippen molar-refractivity contribution >= 4 is 11.5 Å². The minimum Gasteiger partial charge on any atom is -0.333 e. The lowest BCUT2D eigenvalue weighted by Gasteiger charge is -2.35. The van der Waals surface area contributed by atoms with Crippen LogP contribution in [0.5, 0.6) is 0 Å². The molecule has 0 bridgehead atoms. The van der Waals surface area contributed by atoms with Gasteiger partial charge in [-0.3, -0.25) is 0 Å². The van der Waals surface area contributed by atoms with Crippen molar-refractivity contribution in [1.82, 2.24) is 20.1 Å². The monoisotopic (exact) mass is 327 g/mol. The van der Waals surface area contributed by atoms with Crippen molar-refractivity contribution in [2.45, 2.75) is 6.54 Å². The molecule has 1 aliphatic heterocycles. The van der Waals surface area contributed by atoms with Gasteiger partial charge >= 0.3 is 0 Å². The minimum atomic E-state index is 0.416. The Hall–Kier alpha value is -3.54. The van der Waals surface area contributed by atoms with Gasteiger partial charge in [0.2, 0.25) is 5.82 Å². The number of benzene rings is 2. The molecule has 4 aromatic rings. The zero-order valence-corrected chi connectivity index (χ0v) is 13.2. The van der Waals surface area contributed by atoms with Crippen LogP contribution in [0, 0.1) is 0 Å². The summed E-state index contributed by atoms with van der Waals surface area (Å²) in [7, 11) is 0. The molecule has 2 aromatic heterocycles. The van der Waals surface area contributed by atoms with Gasteiger partial charge < -0.3 is 9.42 Å². The highest BCUT2D eigenvalue weighted by Crippen LogP contribution is 2.41. The Kier molecular flexibility index (Phi) is 3.06. The maximum atomic E-state index is 5.48. The summed E-state index contributed by atoms with van der Waals surface area (Å²) in [6.45, 7) is 0.805. The van der Waals surface area contributed by atoms with E-state index in [1.165, 1.54) is 11.9 Å². The minimum absolute atomic E-state index is 0.416. The van der Waals surface area contributed by atoms with Gasteiger partial charge in [0.05, 0.1) is 6.54 Å². The molecule has 0 unspecified atom stereocenters. The number of nitrogens with zero attached hydrogens (tertiary/aromatic N) is 5. The van der Waals surface area contributed by atoms with E-state index in [2.05, 4.69) is 37.1 Å². The number of anilines is 2. The topological polar surface area (TPSA) is 67.9 Å². The third-order valence-corrected chi connectivity index (χ3v) is 4.25. The molecular weight excluding hydrogens is 314 g/mol. The van der Waals surface area contributed by atoms with Crippen molar-refractivity contribution in [3.05, 3.63) is 72.7 Å². The Morgan fingerprint density at radius 1 is 0.960 bits per heavy atom. The number of rotatable bonds is 3. The van der Waals surface area contributed by atoms with Gasteiger partial charge in [0.25, 0.3) is 5.89 Å². The smallest absolute Gasteiger partial charge is 0.263 e. The predicted octanol–water partition coefficient (Wildman–Crippen LogP) is 3.85. The molecular formula is C19H13N5O. The van der Waals surface area contributed by atoms with E-state index in [1.807, 2.05) is 42.5 Å². The summed E-state index contributed by atoms with van der Waals surface area (Å²) in [5.41, 5.74) is 4.07. The molecule has 1 aliphatic rings. The maximum absolute atomic E-state index is 5.48. The first kappa shape index (κ1) is 13.9. The number of aromatic nitrogens is 4. The molecule has 0 N–H and O–H groups in total. The largest absolute Gasteiger partial charge is 0.333 e. The Labute approximate surface area is 143 Å². The van der Waals surface area contributed by atoms with Crippen molar-refractivity contribution in [3.8, 4) is 22.8 Å². The van der Waals surface area contributed by atoms with Crippen LogP contribution in [-0.4, -0.2) is 20.1 Å². The van der Waals surface area contributed by atoms with E-state index >= 15 is 0 Å². The van der Waals surface area contributed by atoms with Crippen LogP contribution in [0.25, 0.3) is 22.8 Å². The quantitative estimate of drug-likeness (QED) is 0.569. The fraction of sp³-hybridized carbons (Fsp3) is 0.0526. The van der Waals surface area contributed by atoms with Gasteiger partial charge in [-0.1, -0.05) is 53.7 Å². The zero-order valence-electron chi connectivity index (χ0n) is 13.2. The van der Waals surface area contributed by atoms with Gasteiger partial charge in [0.15, 0.2) is 0 Å². The summed E-state index contributed by atoms with van der Waals surface area (Å²) in [6, 6.07) is 18.0. The van der Waals surface area contributed by atoms with Gasteiger partial charge in [0.1, 0.15) is 17.7 Å². The van der Waals surface area contributed by atoms with Crippen molar-refractivity contribution in [3.63, 3.8) is 0 Å². The van der Waals surface area contributed by atoms with E-state index in [9.17, 15) is 0 Å². The Morgan fingerprint density at radius 3 is 2.68 bits per heavy atom. The van der Waals surface area contributed by atoms with Gasteiger partial charge in [-0.25, -0.2) is 9.97 Å². The highest BCUT2D eigenvalue weighted by atomic mass is 16.5. The molecule has 0 radical (unpaired) electrons. The van der Waals surface area contributed by atoms with E-state index in [0.29, 0.717) is 11.7 Å². The summed E-state index contributed by atoms with van der Waals surface area (Å²) in [6.07, 6.45) is 3.25. The summed E-state index contributed by atoms with van der Waals surface area (Å²) >= 11 is 0. The highest BCUT2D eigenvalue weighted by molar-refractivity contribution is 5.80. The zero-order chi connectivity index (χ0) is 16.6. The molecule has 0 saturated carbocycles. The lowest BCUT2D eigenvalue weighted by atomic mass is 10.0. The average molecular weight is 327 g/mol. The Morgan fingerprint density at radius 2 is 1.80 bits per heavy atom. The molecule has 120 valence electrons. The van der Waals surface area contributed by atoms with E-state index in [-0.39, 0.29) is 0 Å². The summed E-state index contributed by atoms with van der Waals surface area (Å²) < 4.78 is 5.48. The van der Waals surface area contributed by atoms with Crippen LogP contribution < -0.4 is 4.90 Å². The van der Waals surface area contributed by atoms with Gasteiger partial charge in [-0.05, 0) is 11.6 Å². The van der Waals surface area contributed by atoms with Crippen molar-refractivity contribution < 1.29 is 4.52 Å². The lowest BCUT2D eigenvalue weighted by molar-refractivity contribution is 0.432. The number of hydrogen-bond donors (Lipinski definition) is 0. The molecule has 25 heavy (non-hydrogen) atoms. The van der Waals surface area contributed by atoms with Crippen molar-refractivity contribution in [1.29, 1.82) is 0 Å². The Balaban J connectivity index is 1.55. The van der Waals surface area contributed by atoms with Crippen LogP contribution in [0.3, 0.4) is 0 Å².